The van der Waals surface area contributed by atoms with Gasteiger partial charge in [-0.1, -0.05) is 42.5 Å². The molecule has 3 aromatic rings. The van der Waals surface area contributed by atoms with E-state index in [0.717, 1.165) is 32.4 Å². The van der Waals surface area contributed by atoms with Crippen molar-refractivity contribution in [1.29, 1.82) is 0 Å². The molecule has 1 fully saturated rings. The van der Waals surface area contributed by atoms with Crippen LogP contribution in [0.3, 0.4) is 0 Å². The highest BCUT2D eigenvalue weighted by Crippen LogP contribution is 2.22. The lowest BCUT2D eigenvalue weighted by Crippen LogP contribution is -2.34. The molecule has 156 valence electrons. The largest absolute Gasteiger partial charge is 0.447 e. The van der Waals surface area contributed by atoms with Crippen molar-refractivity contribution in [2.75, 3.05) is 13.1 Å². The average Bonchev–Trinajstić information content (AvgIpc) is 3.23. The Labute approximate surface area is 175 Å². The number of likely N-dealkylation sites (tertiary alicyclic amines) is 1. The highest BCUT2D eigenvalue weighted by Gasteiger charge is 2.21. The molecule has 1 saturated heterocycles. The van der Waals surface area contributed by atoms with Crippen LogP contribution in [-0.2, 0) is 19.5 Å². The molecule has 0 aliphatic carbocycles. The molecule has 0 saturated carbocycles. The Morgan fingerprint density at radius 3 is 2.63 bits per heavy atom. The van der Waals surface area contributed by atoms with E-state index in [1.54, 1.807) is 12.1 Å². The van der Waals surface area contributed by atoms with Crippen molar-refractivity contribution in [2.45, 2.75) is 32.4 Å². The van der Waals surface area contributed by atoms with Crippen LogP contribution in [0.1, 0.15) is 40.3 Å². The summed E-state index contributed by atoms with van der Waals surface area (Å²) in [4.78, 5) is 18.9. The van der Waals surface area contributed by atoms with Gasteiger partial charge in [0, 0.05) is 6.54 Å². The van der Waals surface area contributed by atoms with Crippen LogP contribution in [0, 0.1) is 11.7 Å². The van der Waals surface area contributed by atoms with Gasteiger partial charge in [0.15, 0.2) is 5.69 Å². The van der Waals surface area contributed by atoms with Gasteiger partial charge in [0.1, 0.15) is 12.1 Å². The second kappa shape index (κ2) is 9.67. The number of hydrogen-bond acceptors (Lipinski definition) is 4. The molecule has 5 nitrogen and oxygen atoms in total. The molecule has 1 aliphatic heterocycles. The van der Waals surface area contributed by atoms with E-state index in [4.69, 9.17) is 4.42 Å². The molecule has 1 aliphatic rings. The third-order valence-electron chi connectivity index (χ3n) is 5.56. The van der Waals surface area contributed by atoms with Gasteiger partial charge in [0.25, 0.3) is 5.91 Å². The summed E-state index contributed by atoms with van der Waals surface area (Å²) in [5.74, 6) is 0.610. The minimum atomic E-state index is -0.323. The number of nitrogens with zero attached hydrogens (tertiary/aromatic N) is 2. The number of hydrogen-bond donors (Lipinski definition) is 1. The summed E-state index contributed by atoms with van der Waals surface area (Å²) in [6, 6.07) is 16.8. The Balaban J connectivity index is 1.23. The number of piperidine rings is 1. The molecule has 2 heterocycles. The zero-order chi connectivity index (χ0) is 20.8. The Kier molecular flexibility index (Phi) is 6.54. The van der Waals surface area contributed by atoms with Gasteiger partial charge in [-0.05, 0) is 61.5 Å². The van der Waals surface area contributed by atoms with E-state index in [-0.39, 0.29) is 24.0 Å². The maximum atomic E-state index is 13.2. The molecule has 0 bridgehead atoms. The van der Waals surface area contributed by atoms with Crippen LogP contribution in [-0.4, -0.2) is 28.9 Å². The van der Waals surface area contributed by atoms with Gasteiger partial charge in [-0.15, -0.1) is 0 Å². The minimum Gasteiger partial charge on any atom is -0.447 e. The SMILES string of the molecule is O=C(NCc1cccc(F)c1)c1coc(CN2CCC(Cc3ccccc3)CC2)n1. The van der Waals surface area contributed by atoms with Crippen molar-refractivity contribution in [3.8, 4) is 0 Å². The van der Waals surface area contributed by atoms with Crippen molar-refractivity contribution >= 4 is 5.91 Å². The molecule has 0 unspecified atom stereocenters. The number of benzene rings is 2. The van der Waals surface area contributed by atoms with Crippen LogP contribution >= 0.6 is 0 Å². The van der Waals surface area contributed by atoms with Gasteiger partial charge in [0.2, 0.25) is 5.89 Å². The van der Waals surface area contributed by atoms with Crippen LogP contribution in [0.2, 0.25) is 0 Å². The quantitative estimate of drug-likeness (QED) is 0.638. The predicted molar refractivity (Wildman–Crippen MR) is 112 cm³/mol. The maximum Gasteiger partial charge on any atom is 0.273 e. The monoisotopic (exact) mass is 407 g/mol. The van der Waals surface area contributed by atoms with Gasteiger partial charge < -0.3 is 9.73 Å². The molecule has 30 heavy (non-hydrogen) atoms. The Morgan fingerprint density at radius 2 is 1.87 bits per heavy atom. The lowest BCUT2D eigenvalue weighted by Gasteiger charge is -2.31. The summed E-state index contributed by atoms with van der Waals surface area (Å²) in [6.45, 7) is 2.85. The molecule has 4 rings (SSSR count). The first-order chi connectivity index (χ1) is 14.7. The fourth-order valence-corrected chi connectivity index (χ4v) is 3.90. The molecule has 0 atom stereocenters. The second-order valence-electron chi connectivity index (χ2n) is 7.85. The van der Waals surface area contributed by atoms with Crippen LogP contribution in [0.5, 0.6) is 0 Å². The number of rotatable bonds is 7. The van der Waals surface area contributed by atoms with Crippen LogP contribution in [0.4, 0.5) is 4.39 Å². The van der Waals surface area contributed by atoms with E-state index in [0.29, 0.717) is 23.9 Å². The van der Waals surface area contributed by atoms with E-state index < -0.39 is 0 Å². The lowest BCUT2D eigenvalue weighted by atomic mass is 9.90. The molecule has 0 radical (unpaired) electrons. The first-order valence-corrected chi connectivity index (χ1v) is 10.4. The fraction of sp³-hybridized carbons (Fsp3) is 0.333. The molecule has 1 aromatic heterocycles. The first-order valence-electron chi connectivity index (χ1n) is 10.4. The van der Waals surface area contributed by atoms with E-state index in [2.05, 4.69) is 45.5 Å². The topological polar surface area (TPSA) is 58.4 Å². The predicted octanol–water partition coefficient (Wildman–Crippen LogP) is 4.20. The number of halogens is 1. The van der Waals surface area contributed by atoms with E-state index in [1.165, 1.54) is 24.0 Å². The van der Waals surface area contributed by atoms with Gasteiger partial charge in [-0.3, -0.25) is 9.69 Å². The van der Waals surface area contributed by atoms with Gasteiger partial charge in [0.05, 0.1) is 6.54 Å². The number of carbonyl (C=O) groups excluding carboxylic acids is 1. The number of carbonyl (C=O) groups is 1. The molecule has 0 spiro atoms. The Morgan fingerprint density at radius 1 is 1.10 bits per heavy atom. The molecule has 1 N–H and O–H groups in total. The van der Waals surface area contributed by atoms with Gasteiger partial charge in [-0.25, -0.2) is 9.37 Å². The number of nitrogens with one attached hydrogen (secondary N) is 1. The summed E-state index contributed by atoms with van der Waals surface area (Å²) in [6.07, 6.45) is 4.81. The number of amides is 1. The summed E-state index contributed by atoms with van der Waals surface area (Å²) >= 11 is 0. The van der Waals surface area contributed by atoms with E-state index in [9.17, 15) is 9.18 Å². The van der Waals surface area contributed by atoms with Crippen molar-refractivity contribution in [3.05, 3.63) is 89.4 Å². The highest BCUT2D eigenvalue weighted by atomic mass is 19.1. The third kappa shape index (κ3) is 5.54. The van der Waals surface area contributed by atoms with Gasteiger partial charge >= 0.3 is 0 Å². The van der Waals surface area contributed by atoms with Crippen molar-refractivity contribution in [3.63, 3.8) is 0 Å². The highest BCUT2D eigenvalue weighted by molar-refractivity contribution is 5.91. The molecular formula is C24H26FN3O2. The Hall–Kier alpha value is -2.99. The fourth-order valence-electron chi connectivity index (χ4n) is 3.90. The zero-order valence-corrected chi connectivity index (χ0v) is 16.9. The van der Waals surface area contributed by atoms with E-state index in [1.807, 2.05) is 0 Å². The standard InChI is InChI=1S/C24H26FN3O2/c25-21-8-4-7-20(14-21)15-26-24(29)22-17-30-23(27-22)16-28-11-9-19(10-12-28)13-18-5-2-1-3-6-18/h1-8,14,17,19H,9-13,15-16H2,(H,26,29). The minimum absolute atomic E-state index is 0.244. The van der Waals surface area contributed by atoms with Crippen LogP contribution in [0.25, 0.3) is 0 Å². The normalized spacial score (nSPS) is 15.2. The summed E-state index contributed by atoms with van der Waals surface area (Å²) in [7, 11) is 0. The first kappa shape index (κ1) is 20.3. The van der Waals surface area contributed by atoms with Crippen LogP contribution < -0.4 is 5.32 Å². The van der Waals surface area contributed by atoms with Crippen molar-refractivity contribution in [1.82, 2.24) is 15.2 Å². The summed E-state index contributed by atoms with van der Waals surface area (Å²) in [5.41, 5.74) is 2.35. The number of oxazole rings is 1. The summed E-state index contributed by atoms with van der Waals surface area (Å²) < 4.78 is 18.7. The maximum absolute atomic E-state index is 13.2. The third-order valence-corrected chi connectivity index (χ3v) is 5.56. The molecule has 1 amide bonds. The molecule has 2 aromatic carbocycles. The molecular weight excluding hydrogens is 381 g/mol. The van der Waals surface area contributed by atoms with Gasteiger partial charge in [-0.2, -0.15) is 0 Å². The van der Waals surface area contributed by atoms with Crippen LogP contribution in [0.15, 0.2) is 65.3 Å². The van der Waals surface area contributed by atoms with Crippen molar-refractivity contribution < 1.29 is 13.6 Å². The molecule has 6 heteroatoms. The number of aromatic nitrogens is 1. The van der Waals surface area contributed by atoms with Crippen molar-refractivity contribution in [2.24, 2.45) is 5.92 Å². The zero-order valence-electron chi connectivity index (χ0n) is 16.9. The lowest BCUT2D eigenvalue weighted by molar-refractivity contribution is 0.0945. The average molecular weight is 407 g/mol. The van der Waals surface area contributed by atoms with E-state index >= 15 is 0 Å². The smallest absolute Gasteiger partial charge is 0.273 e. The second-order valence-corrected chi connectivity index (χ2v) is 7.85. The summed E-state index contributed by atoms with van der Waals surface area (Å²) in [5, 5.41) is 2.75. The Bertz CT molecular complexity index is 965.